The molecule has 0 unspecified atom stereocenters. The SMILES string of the molecule is CC1=C(C)C(=O)C(c2ccc(CCCCCCC(=O)Oc3ccc([N+](=O)[O-])cc3)cc2)=C(C)C1=O. The van der Waals surface area contributed by atoms with Crippen LogP contribution in [0.3, 0.4) is 0 Å². The van der Waals surface area contributed by atoms with Gasteiger partial charge in [-0.25, -0.2) is 0 Å². The Hall–Kier alpha value is -3.87. The zero-order chi connectivity index (χ0) is 25.5. The molecule has 3 rings (SSSR count). The number of ether oxygens (including phenoxy) is 1. The molecule has 2 aromatic carbocycles. The molecule has 1 aliphatic carbocycles. The first kappa shape index (κ1) is 25.7. The van der Waals surface area contributed by atoms with E-state index in [9.17, 15) is 24.5 Å². The topological polar surface area (TPSA) is 104 Å². The number of Topliss-reactive ketones (excluding diaryl/α,β-unsaturated/α-hetero) is 2. The predicted octanol–water partition coefficient (Wildman–Crippen LogP) is 5.96. The number of carbonyl (C=O) groups excluding carboxylic acids is 3. The third-order valence-electron chi connectivity index (χ3n) is 6.30. The van der Waals surface area contributed by atoms with E-state index in [1.54, 1.807) is 20.8 Å². The molecule has 0 heterocycles. The average molecular weight is 476 g/mol. The van der Waals surface area contributed by atoms with E-state index in [-0.39, 0.29) is 23.2 Å². The Kier molecular flexibility index (Phi) is 8.47. The fourth-order valence-corrected chi connectivity index (χ4v) is 4.05. The highest BCUT2D eigenvalue weighted by Crippen LogP contribution is 2.31. The fraction of sp³-hybridized carbons (Fsp3) is 0.321. The molecule has 0 radical (unpaired) electrons. The van der Waals surface area contributed by atoms with E-state index < -0.39 is 4.92 Å². The molecule has 0 aromatic heterocycles. The van der Waals surface area contributed by atoms with Gasteiger partial charge in [-0.05, 0) is 63.3 Å². The maximum atomic E-state index is 12.7. The standard InChI is InChI=1S/C28H29NO6/c1-18-19(2)28(32)26(20(3)27(18)31)22-12-10-21(11-13-22)8-6-4-5-7-9-25(30)35-24-16-14-23(15-17-24)29(33)34/h10-17H,4-9H2,1-3H3. The highest BCUT2D eigenvalue weighted by molar-refractivity contribution is 6.39. The van der Waals surface area contributed by atoms with Gasteiger partial charge in [0.2, 0.25) is 0 Å². The predicted molar refractivity (Wildman–Crippen MR) is 133 cm³/mol. The van der Waals surface area contributed by atoms with Crippen molar-refractivity contribution in [1.82, 2.24) is 0 Å². The van der Waals surface area contributed by atoms with Gasteiger partial charge in [0.25, 0.3) is 5.69 Å². The second kappa shape index (κ2) is 11.5. The molecule has 2 aromatic rings. The summed E-state index contributed by atoms with van der Waals surface area (Å²) < 4.78 is 5.21. The van der Waals surface area contributed by atoms with Crippen molar-refractivity contribution in [2.45, 2.75) is 59.3 Å². The van der Waals surface area contributed by atoms with Crippen LogP contribution in [0.2, 0.25) is 0 Å². The molecule has 7 nitrogen and oxygen atoms in total. The van der Waals surface area contributed by atoms with E-state index in [1.165, 1.54) is 24.3 Å². The van der Waals surface area contributed by atoms with Crippen molar-refractivity contribution in [2.24, 2.45) is 0 Å². The van der Waals surface area contributed by atoms with Gasteiger partial charge in [-0.3, -0.25) is 24.5 Å². The normalized spacial score (nSPS) is 13.9. The van der Waals surface area contributed by atoms with E-state index in [0.29, 0.717) is 40.9 Å². The second-order valence-electron chi connectivity index (χ2n) is 8.74. The van der Waals surface area contributed by atoms with Crippen LogP contribution in [0, 0.1) is 10.1 Å². The van der Waals surface area contributed by atoms with Crippen molar-refractivity contribution < 1.29 is 24.0 Å². The summed E-state index contributed by atoms with van der Waals surface area (Å²) in [5.41, 5.74) is 3.89. The Labute approximate surface area is 204 Å². The monoisotopic (exact) mass is 475 g/mol. The van der Waals surface area contributed by atoms with Crippen molar-refractivity contribution in [3.05, 3.63) is 86.5 Å². The third kappa shape index (κ3) is 6.38. The first-order valence-electron chi connectivity index (χ1n) is 11.7. The zero-order valence-electron chi connectivity index (χ0n) is 20.3. The lowest BCUT2D eigenvalue weighted by Gasteiger charge is -2.19. The van der Waals surface area contributed by atoms with Crippen molar-refractivity contribution in [2.75, 3.05) is 0 Å². The minimum atomic E-state index is -0.502. The molecule has 0 aliphatic heterocycles. The van der Waals surface area contributed by atoms with Gasteiger partial charge in [-0.2, -0.15) is 0 Å². The maximum Gasteiger partial charge on any atom is 0.311 e. The molecule has 0 saturated heterocycles. The van der Waals surface area contributed by atoms with Gasteiger partial charge >= 0.3 is 5.97 Å². The Morgan fingerprint density at radius 2 is 1.40 bits per heavy atom. The van der Waals surface area contributed by atoms with Crippen LogP contribution in [0.1, 0.15) is 64.0 Å². The van der Waals surface area contributed by atoms with Crippen molar-refractivity contribution in [1.29, 1.82) is 0 Å². The number of nitro groups is 1. The number of esters is 1. The van der Waals surface area contributed by atoms with E-state index in [2.05, 4.69) is 0 Å². The summed E-state index contributed by atoms with van der Waals surface area (Å²) in [6.45, 7) is 5.10. The van der Waals surface area contributed by atoms with Gasteiger partial charge in [0.05, 0.1) is 4.92 Å². The first-order valence-corrected chi connectivity index (χ1v) is 11.7. The Morgan fingerprint density at radius 1 is 0.800 bits per heavy atom. The van der Waals surface area contributed by atoms with Crippen molar-refractivity contribution >= 4 is 28.8 Å². The number of rotatable bonds is 10. The summed E-state index contributed by atoms with van der Waals surface area (Å²) in [4.78, 5) is 47.2. The fourth-order valence-electron chi connectivity index (χ4n) is 4.05. The van der Waals surface area contributed by atoms with Crippen LogP contribution in [0.5, 0.6) is 5.75 Å². The average Bonchev–Trinajstić information content (AvgIpc) is 2.85. The molecule has 0 atom stereocenters. The molecular formula is C28H29NO6. The van der Waals surface area contributed by atoms with Gasteiger partial charge in [0.15, 0.2) is 11.6 Å². The van der Waals surface area contributed by atoms with E-state index in [0.717, 1.165) is 36.8 Å². The highest BCUT2D eigenvalue weighted by Gasteiger charge is 2.28. The number of ketones is 2. The van der Waals surface area contributed by atoms with E-state index in [1.807, 2.05) is 24.3 Å². The van der Waals surface area contributed by atoms with Crippen molar-refractivity contribution in [3.63, 3.8) is 0 Å². The summed E-state index contributed by atoms with van der Waals surface area (Å²) >= 11 is 0. The summed E-state index contributed by atoms with van der Waals surface area (Å²) in [6.07, 6.45) is 4.71. The molecule has 0 saturated carbocycles. The third-order valence-corrected chi connectivity index (χ3v) is 6.30. The zero-order valence-corrected chi connectivity index (χ0v) is 20.3. The number of allylic oxidation sites excluding steroid dienone is 4. The van der Waals surface area contributed by atoms with Gasteiger partial charge in [0, 0.05) is 40.8 Å². The highest BCUT2D eigenvalue weighted by atomic mass is 16.6. The lowest BCUT2D eigenvalue weighted by Crippen LogP contribution is -2.19. The molecule has 1 aliphatic rings. The van der Waals surface area contributed by atoms with E-state index >= 15 is 0 Å². The van der Waals surface area contributed by atoms with Gasteiger partial charge < -0.3 is 4.74 Å². The van der Waals surface area contributed by atoms with Crippen LogP contribution in [-0.2, 0) is 20.8 Å². The van der Waals surface area contributed by atoms with Crippen LogP contribution in [-0.4, -0.2) is 22.5 Å². The van der Waals surface area contributed by atoms with E-state index in [4.69, 9.17) is 4.74 Å². The number of hydrogen-bond acceptors (Lipinski definition) is 6. The lowest BCUT2D eigenvalue weighted by molar-refractivity contribution is -0.384. The summed E-state index contributed by atoms with van der Waals surface area (Å²) in [7, 11) is 0. The summed E-state index contributed by atoms with van der Waals surface area (Å²) in [5, 5.41) is 10.7. The van der Waals surface area contributed by atoms with Gasteiger partial charge in [0.1, 0.15) is 5.75 Å². The first-order chi connectivity index (χ1) is 16.7. The molecule has 7 heteroatoms. The molecule has 0 amide bonds. The number of benzene rings is 2. The Balaban J connectivity index is 1.40. The van der Waals surface area contributed by atoms with Crippen LogP contribution >= 0.6 is 0 Å². The largest absolute Gasteiger partial charge is 0.427 e. The molecular weight excluding hydrogens is 446 g/mol. The molecule has 0 N–H and O–H groups in total. The maximum absolute atomic E-state index is 12.7. The van der Waals surface area contributed by atoms with Gasteiger partial charge in [-0.1, -0.05) is 37.1 Å². The van der Waals surface area contributed by atoms with Crippen LogP contribution in [0.15, 0.2) is 65.3 Å². The number of nitro benzene ring substituents is 1. The lowest BCUT2D eigenvalue weighted by atomic mass is 9.82. The molecule has 182 valence electrons. The smallest absolute Gasteiger partial charge is 0.311 e. The second-order valence-corrected chi connectivity index (χ2v) is 8.74. The minimum Gasteiger partial charge on any atom is -0.427 e. The van der Waals surface area contributed by atoms with Crippen LogP contribution in [0.4, 0.5) is 5.69 Å². The summed E-state index contributed by atoms with van der Waals surface area (Å²) in [6, 6.07) is 13.2. The molecule has 0 fully saturated rings. The minimum absolute atomic E-state index is 0.0495. The molecule has 35 heavy (non-hydrogen) atoms. The number of nitrogens with zero attached hydrogens (tertiary/aromatic N) is 1. The van der Waals surface area contributed by atoms with Crippen LogP contribution in [0.25, 0.3) is 5.57 Å². The number of non-ortho nitro benzene ring substituents is 1. The molecule has 0 spiro atoms. The Morgan fingerprint density at radius 3 is 2.03 bits per heavy atom. The quantitative estimate of drug-likeness (QED) is 0.105. The van der Waals surface area contributed by atoms with Crippen LogP contribution < -0.4 is 4.74 Å². The summed E-state index contributed by atoms with van der Waals surface area (Å²) in [5.74, 6) is -0.206. The number of unbranched alkanes of at least 4 members (excludes halogenated alkanes) is 3. The number of aryl methyl sites for hydroxylation is 1. The molecule has 0 bridgehead atoms. The van der Waals surface area contributed by atoms with Gasteiger partial charge in [-0.15, -0.1) is 0 Å². The number of hydrogen-bond donors (Lipinski definition) is 0. The Bertz CT molecular complexity index is 1200. The van der Waals surface area contributed by atoms with Crippen molar-refractivity contribution in [3.8, 4) is 5.75 Å². The number of carbonyl (C=O) groups is 3.